The number of halogens is 1. The van der Waals surface area contributed by atoms with Crippen LogP contribution in [0, 0.1) is 11.3 Å². The maximum atomic E-state index is 4.31. The summed E-state index contributed by atoms with van der Waals surface area (Å²) in [7, 11) is 2.04. The zero-order chi connectivity index (χ0) is 11.5. The van der Waals surface area contributed by atoms with Crippen molar-refractivity contribution in [1.29, 1.82) is 0 Å². The first kappa shape index (κ1) is 13.1. The van der Waals surface area contributed by atoms with Gasteiger partial charge in [-0.1, -0.05) is 48.5 Å². The van der Waals surface area contributed by atoms with Crippen molar-refractivity contribution in [3.8, 4) is 0 Å². The Morgan fingerprint density at radius 3 is 2.60 bits per heavy atom. The van der Waals surface area contributed by atoms with Gasteiger partial charge in [-0.3, -0.25) is 0 Å². The highest BCUT2D eigenvalue weighted by Gasteiger charge is 2.23. The first-order valence-electron chi connectivity index (χ1n) is 5.11. The molecule has 1 rings (SSSR count). The van der Waals surface area contributed by atoms with E-state index >= 15 is 0 Å². The summed E-state index contributed by atoms with van der Waals surface area (Å²) in [5.41, 5.74) is 0.349. The second kappa shape index (κ2) is 5.39. The van der Waals surface area contributed by atoms with E-state index in [-0.39, 0.29) is 0 Å². The fourth-order valence-electron chi connectivity index (χ4n) is 1.19. The molecule has 0 aliphatic rings. The lowest BCUT2D eigenvalue weighted by atomic mass is 9.83. The number of thioether (sulfide) groups is 1. The highest BCUT2D eigenvalue weighted by molar-refractivity contribution is 9.09. The van der Waals surface area contributed by atoms with Crippen molar-refractivity contribution in [1.82, 2.24) is 9.55 Å². The molecule has 0 bridgehead atoms. The zero-order valence-corrected chi connectivity index (χ0v) is 12.2. The second-order valence-corrected chi connectivity index (χ2v) is 6.48. The third-order valence-electron chi connectivity index (χ3n) is 2.60. The van der Waals surface area contributed by atoms with E-state index in [1.807, 2.05) is 31.2 Å². The highest BCUT2D eigenvalue weighted by atomic mass is 79.9. The van der Waals surface area contributed by atoms with Crippen molar-refractivity contribution >= 4 is 27.7 Å². The van der Waals surface area contributed by atoms with Gasteiger partial charge in [-0.25, -0.2) is 4.98 Å². The van der Waals surface area contributed by atoms with Crippen LogP contribution in [0.4, 0.5) is 0 Å². The Hall–Kier alpha value is 0.0400. The van der Waals surface area contributed by atoms with Crippen LogP contribution >= 0.6 is 27.7 Å². The number of imidazole rings is 1. The average Bonchev–Trinajstić information content (AvgIpc) is 2.50. The van der Waals surface area contributed by atoms with Crippen molar-refractivity contribution in [2.75, 3.05) is 11.1 Å². The predicted octanol–water partition coefficient (Wildman–Crippen LogP) is 3.57. The fraction of sp³-hybridized carbons (Fsp3) is 0.727. The van der Waals surface area contributed by atoms with Gasteiger partial charge in [-0.05, 0) is 11.3 Å². The van der Waals surface area contributed by atoms with E-state index in [0.29, 0.717) is 11.3 Å². The van der Waals surface area contributed by atoms with E-state index in [2.05, 4.69) is 46.3 Å². The molecule has 0 amide bonds. The molecular weight excluding hydrogens is 272 g/mol. The Labute approximate surface area is 105 Å². The van der Waals surface area contributed by atoms with Crippen LogP contribution in [-0.4, -0.2) is 20.6 Å². The Morgan fingerprint density at radius 1 is 1.53 bits per heavy atom. The van der Waals surface area contributed by atoms with Gasteiger partial charge in [0.25, 0.3) is 0 Å². The van der Waals surface area contributed by atoms with Gasteiger partial charge in [0, 0.05) is 30.5 Å². The molecule has 0 saturated carbocycles. The van der Waals surface area contributed by atoms with Crippen LogP contribution in [0.15, 0.2) is 17.6 Å². The highest BCUT2D eigenvalue weighted by Crippen LogP contribution is 2.32. The number of rotatable bonds is 4. The molecule has 1 atom stereocenters. The Bertz CT molecular complexity index is 304. The van der Waals surface area contributed by atoms with Crippen molar-refractivity contribution in [2.45, 2.75) is 25.9 Å². The topological polar surface area (TPSA) is 17.8 Å². The minimum Gasteiger partial charge on any atom is -0.329 e. The smallest absolute Gasteiger partial charge is 0.167 e. The standard InChI is InChI=1S/C11H19BrN2S/c1-11(2,3)9(7-12)8-15-10-13-5-6-14(10)4/h5-6,9H,7-8H2,1-4H3. The van der Waals surface area contributed by atoms with E-state index in [1.165, 1.54) is 0 Å². The molecule has 86 valence electrons. The monoisotopic (exact) mass is 290 g/mol. The molecule has 2 nitrogen and oxygen atoms in total. The summed E-state index contributed by atoms with van der Waals surface area (Å²) in [5, 5.41) is 2.15. The van der Waals surface area contributed by atoms with Gasteiger partial charge in [0.15, 0.2) is 5.16 Å². The molecular formula is C11H19BrN2S. The van der Waals surface area contributed by atoms with Crippen molar-refractivity contribution in [3.05, 3.63) is 12.4 Å². The van der Waals surface area contributed by atoms with Crippen LogP contribution in [0.1, 0.15) is 20.8 Å². The van der Waals surface area contributed by atoms with E-state index < -0.39 is 0 Å². The Kier molecular flexibility index (Phi) is 4.71. The third kappa shape index (κ3) is 3.83. The quantitative estimate of drug-likeness (QED) is 0.623. The van der Waals surface area contributed by atoms with Gasteiger partial charge in [0.05, 0.1) is 0 Å². The first-order valence-corrected chi connectivity index (χ1v) is 7.22. The second-order valence-electron chi connectivity index (χ2n) is 4.85. The number of aromatic nitrogens is 2. The zero-order valence-electron chi connectivity index (χ0n) is 9.83. The van der Waals surface area contributed by atoms with Gasteiger partial charge in [0.2, 0.25) is 0 Å². The normalized spacial score (nSPS) is 14.2. The van der Waals surface area contributed by atoms with E-state index in [1.54, 1.807) is 0 Å². The van der Waals surface area contributed by atoms with Crippen LogP contribution < -0.4 is 0 Å². The molecule has 0 radical (unpaired) electrons. The van der Waals surface area contributed by atoms with Crippen molar-refractivity contribution < 1.29 is 0 Å². The van der Waals surface area contributed by atoms with Crippen LogP contribution in [-0.2, 0) is 7.05 Å². The lowest BCUT2D eigenvalue weighted by molar-refractivity contribution is 0.295. The number of aryl methyl sites for hydroxylation is 1. The summed E-state index contributed by atoms with van der Waals surface area (Å²) in [5.74, 6) is 1.78. The summed E-state index contributed by atoms with van der Waals surface area (Å²) in [6.07, 6.45) is 3.84. The molecule has 0 aliphatic heterocycles. The van der Waals surface area contributed by atoms with Crippen molar-refractivity contribution in [3.63, 3.8) is 0 Å². The molecule has 0 spiro atoms. The molecule has 0 saturated heterocycles. The van der Waals surface area contributed by atoms with Gasteiger partial charge < -0.3 is 4.57 Å². The lowest BCUT2D eigenvalue weighted by Gasteiger charge is -2.28. The molecule has 1 aromatic heterocycles. The molecule has 1 aromatic rings. The average molecular weight is 291 g/mol. The maximum absolute atomic E-state index is 4.31. The van der Waals surface area contributed by atoms with Crippen LogP contribution in [0.2, 0.25) is 0 Å². The largest absolute Gasteiger partial charge is 0.329 e. The van der Waals surface area contributed by atoms with Gasteiger partial charge in [-0.2, -0.15) is 0 Å². The summed E-state index contributed by atoms with van der Waals surface area (Å²) in [6.45, 7) is 6.87. The molecule has 15 heavy (non-hydrogen) atoms. The maximum Gasteiger partial charge on any atom is 0.167 e. The van der Waals surface area contributed by atoms with Crippen LogP contribution in [0.5, 0.6) is 0 Å². The van der Waals surface area contributed by atoms with E-state index in [0.717, 1.165) is 16.2 Å². The van der Waals surface area contributed by atoms with Gasteiger partial charge in [0.1, 0.15) is 0 Å². The summed E-state index contributed by atoms with van der Waals surface area (Å²) < 4.78 is 2.07. The summed E-state index contributed by atoms with van der Waals surface area (Å²) >= 11 is 5.43. The Morgan fingerprint density at radius 2 is 2.20 bits per heavy atom. The number of alkyl halides is 1. The predicted molar refractivity (Wildman–Crippen MR) is 70.7 cm³/mol. The lowest BCUT2D eigenvalue weighted by Crippen LogP contribution is -2.24. The third-order valence-corrected chi connectivity index (χ3v) is 4.60. The number of hydrogen-bond donors (Lipinski definition) is 0. The Balaban J connectivity index is 2.52. The van der Waals surface area contributed by atoms with Crippen LogP contribution in [0.25, 0.3) is 0 Å². The van der Waals surface area contributed by atoms with Gasteiger partial charge in [-0.15, -0.1) is 0 Å². The molecule has 0 aliphatic carbocycles. The minimum atomic E-state index is 0.349. The first-order chi connectivity index (χ1) is 6.95. The molecule has 0 fully saturated rings. The number of hydrogen-bond acceptors (Lipinski definition) is 2. The van der Waals surface area contributed by atoms with Gasteiger partial charge >= 0.3 is 0 Å². The fourth-order valence-corrected chi connectivity index (χ4v) is 4.06. The van der Waals surface area contributed by atoms with Crippen molar-refractivity contribution in [2.24, 2.45) is 18.4 Å². The molecule has 1 heterocycles. The SMILES string of the molecule is Cn1ccnc1SCC(CBr)C(C)(C)C. The molecule has 0 N–H and O–H groups in total. The number of nitrogens with zero attached hydrogens (tertiary/aromatic N) is 2. The molecule has 1 unspecified atom stereocenters. The molecule has 0 aromatic carbocycles. The summed E-state index contributed by atoms with van der Waals surface area (Å²) in [6, 6.07) is 0. The van der Waals surface area contributed by atoms with E-state index in [4.69, 9.17) is 0 Å². The summed E-state index contributed by atoms with van der Waals surface area (Å²) in [4.78, 5) is 4.31. The van der Waals surface area contributed by atoms with Crippen LogP contribution in [0.3, 0.4) is 0 Å². The van der Waals surface area contributed by atoms with E-state index in [9.17, 15) is 0 Å². The minimum absolute atomic E-state index is 0.349. The molecule has 4 heteroatoms.